The molecule has 0 amide bonds. The molecule has 6 nitrogen and oxygen atoms in total. The number of nitrogens with zero attached hydrogens (tertiary/aromatic N) is 4. The van der Waals surface area contributed by atoms with E-state index < -0.39 is 0 Å². The van der Waals surface area contributed by atoms with Gasteiger partial charge in [0.25, 0.3) is 0 Å². The number of likely N-dealkylation sites (N-methyl/N-ethyl adjacent to an activating group) is 1. The molecule has 1 rings (SSSR count). The van der Waals surface area contributed by atoms with Crippen LogP contribution in [0.25, 0.3) is 0 Å². The third kappa shape index (κ3) is 3.32. The average Bonchev–Trinajstić information content (AvgIpc) is 2.29. The van der Waals surface area contributed by atoms with E-state index in [0.717, 1.165) is 6.29 Å². The highest BCUT2D eigenvalue weighted by molar-refractivity contribution is 5.52. The van der Waals surface area contributed by atoms with Gasteiger partial charge < -0.3 is 4.79 Å². The zero-order chi connectivity index (χ0) is 11.1. The number of hydrogen-bond acceptors (Lipinski definition) is 6. The predicted molar refractivity (Wildman–Crippen MR) is 53.7 cm³/mol. The fourth-order valence-electron chi connectivity index (χ4n) is 0.929. The van der Waals surface area contributed by atoms with Crippen molar-refractivity contribution in [2.24, 2.45) is 0 Å². The number of nitrogens with one attached hydrogen (secondary N) is 1. The van der Waals surface area contributed by atoms with Gasteiger partial charge in [-0.2, -0.15) is 5.26 Å². The summed E-state index contributed by atoms with van der Waals surface area (Å²) in [5, 5.41) is 10.2. The van der Waals surface area contributed by atoms with Crippen molar-refractivity contribution in [2.45, 2.75) is 6.92 Å². The van der Waals surface area contributed by atoms with Gasteiger partial charge in [0.2, 0.25) is 5.95 Å². The second-order valence-corrected chi connectivity index (χ2v) is 2.72. The Kier molecular flexibility index (Phi) is 4.19. The summed E-state index contributed by atoms with van der Waals surface area (Å²) in [5.74, 6) is 0.373. The van der Waals surface area contributed by atoms with Gasteiger partial charge in [-0.05, 0) is 0 Å². The minimum absolute atomic E-state index is 0.264. The quantitative estimate of drug-likeness (QED) is 0.546. The van der Waals surface area contributed by atoms with E-state index in [9.17, 15) is 4.79 Å². The Hall–Kier alpha value is -2.00. The van der Waals surface area contributed by atoms with Crippen molar-refractivity contribution < 1.29 is 4.79 Å². The van der Waals surface area contributed by atoms with E-state index in [1.165, 1.54) is 12.4 Å². The highest BCUT2D eigenvalue weighted by atomic mass is 16.1. The first-order chi connectivity index (χ1) is 7.30. The van der Waals surface area contributed by atoms with Crippen LogP contribution in [0.1, 0.15) is 12.5 Å². The molecule has 78 valence electrons. The minimum atomic E-state index is 0.264. The number of rotatable bonds is 5. The summed E-state index contributed by atoms with van der Waals surface area (Å²) >= 11 is 0. The van der Waals surface area contributed by atoms with Crippen molar-refractivity contribution in [1.29, 1.82) is 5.26 Å². The number of carbonyl (C=O) groups excluding carboxylic acids is 1. The summed E-state index contributed by atoms with van der Waals surface area (Å²) in [4.78, 5) is 18.1. The van der Waals surface area contributed by atoms with Gasteiger partial charge in [0.15, 0.2) is 0 Å². The third-order valence-electron chi connectivity index (χ3n) is 1.72. The molecule has 15 heavy (non-hydrogen) atoms. The van der Waals surface area contributed by atoms with Gasteiger partial charge in [0, 0.05) is 6.54 Å². The van der Waals surface area contributed by atoms with Crippen LogP contribution in [-0.4, -0.2) is 34.4 Å². The molecule has 0 aliphatic rings. The van der Waals surface area contributed by atoms with Crippen molar-refractivity contribution in [3.05, 3.63) is 18.0 Å². The lowest BCUT2D eigenvalue weighted by molar-refractivity contribution is -0.108. The molecule has 1 N–H and O–H groups in total. The molecule has 0 fully saturated rings. The maximum Gasteiger partial charge on any atom is 0.237 e. The molecular weight excluding hydrogens is 194 g/mol. The van der Waals surface area contributed by atoms with Gasteiger partial charge in [-0.3, -0.25) is 5.43 Å². The van der Waals surface area contributed by atoms with E-state index in [1.54, 1.807) is 5.01 Å². The molecule has 0 aromatic carbocycles. The largest absolute Gasteiger partial charge is 0.302 e. The van der Waals surface area contributed by atoms with Crippen molar-refractivity contribution in [1.82, 2.24) is 15.0 Å². The molecule has 1 aromatic rings. The smallest absolute Gasteiger partial charge is 0.237 e. The van der Waals surface area contributed by atoms with Crippen LogP contribution in [0, 0.1) is 11.3 Å². The molecule has 0 spiro atoms. The van der Waals surface area contributed by atoms with Crippen molar-refractivity contribution in [3.8, 4) is 6.07 Å². The molecule has 0 saturated heterocycles. The second kappa shape index (κ2) is 5.67. The van der Waals surface area contributed by atoms with Crippen molar-refractivity contribution >= 4 is 12.2 Å². The van der Waals surface area contributed by atoms with Crippen LogP contribution in [-0.2, 0) is 4.79 Å². The normalized spacial score (nSPS) is 9.67. The summed E-state index contributed by atoms with van der Waals surface area (Å²) in [6.45, 7) is 2.82. The first-order valence-electron chi connectivity index (χ1n) is 4.47. The van der Waals surface area contributed by atoms with Gasteiger partial charge in [-0.15, -0.1) is 0 Å². The van der Waals surface area contributed by atoms with E-state index in [0.29, 0.717) is 18.1 Å². The first kappa shape index (κ1) is 11.1. The van der Waals surface area contributed by atoms with Crippen LogP contribution in [0.3, 0.4) is 0 Å². The zero-order valence-electron chi connectivity index (χ0n) is 8.34. The van der Waals surface area contributed by atoms with E-state index in [1.807, 2.05) is 13.0 Å². The predicted octanol–water partition coefficient (Wildman–Crippen LogP) is 0.196. The van der Waals surface area contributed by atoms with Gasteiger partial charge >= 0.3 is 0 Å². The molecule has 0 atom stereocenters. The topological polar surface area (TPSA) is 81.9 Å². The number of carbonyl (C=O) groups is 1. The van der Waals surface area contributed by atoms with Crippen molar-refractivity contribution in [2.75, 3.05) is 18.5 Å². The fourth-order valence-corrected chi connectivity index (χ4v) is 0.929. The monoisotopic (exact) mass is 205 g/mol. The fraction of sp³-hybridized carbons (Fsp3) is 0.333. The van der Waals surface area contributed by atoms with Crippen LogP contribution in [0.5, 0.6) is 0 Å². The number of anilines is 1. The Bertz CT molecular complexity index is 356. The molecule has 0 bridgehead atoms. The number of hydrogen-bond donors (Lipinski definition) is 1. The number of aromatic nitrogens is 2. The molecule has 0 aliphatic carbocycles. The Labute approximate surface area is 87.5 Å². The van der Waals surface area contributed by atoms with Gasteiger partial charge in [-0.25, -0.2) is 15.0 Å². The average molecular weight is 205 g/mol. The van der Waals surface area contributed by atoms with Gasteiger partial charge in [0.1, 0.15) is 12.4 Å². The van der Waals surface area contributed by atoms with E-state index in [-0.39, 0.29) is 6.54 Å². The summed E-state index contributed by atoms with van der Waals surface area (Å²) in [7, 11) is 0. The Morgan fingerprint density at radius 2 is 2.27 bits per heavy atom. The molecule has 0 saturated carbocycles. The zero-order valence-corrected chi connectivity index (χ0v) is 8.34. The highest BCUT2D eigenvalue weighted by Crippen LogP contribution is 1.99. The SMILES string of the molecule is CCN(CC=O)Nc1ncc(C#N)cn1. The lowest BCUT2D eigenvalue weighted by Gasteiger charge is -2.17. The van der Waals surface area contributed by atoms with Crippen LogP contribution < -0.4 is 5.43 Å². The summed E-state index contributed by atoms with van der Waals surface area (Å²) in [6.07, 6.45) is 3.63. The maximum atomic E-state index is 10.3. The van der Waals surface area contributed by atoms with E-state index in [2.05, 4.69) is 15.4 Å². The number of aldehydes is 1. The summed E-state index contributed by atoms with van der Waals surface area (Å²) in [5.41, 5.74) is 3.25. The Balaban J connectivity index is 2.63. The maximum absolute atomic E-state index is 10.3. The second-order valence-electron chi connectivity index (χ2n) is 2.72. The summed E-state index contributed by atoms with van der Waals surface area (Å²) in [6, 6.07) is 1.92. The number of nitriles is 1. The third-order valence-corrected chi connectivity index (χ3v) is 1.72. The summed E-state index contributed by atoms with van der Waals surface area (Å²) < 4.78 is 0. The highest BCUT2D eigenvalue weighted by Gasteiger charge is 2.02. The molecule has 0 aliphatic heterocycles. The molecular formula is C9H11N5O. The Morgan fingerprint density at radius 3 is 2.73 bits per heavy atom. The minimum Gasteiger partial charge on any atom is -0.302 e. The van der Waals surface area contributed by atoms with Crippen LogP contribution in [0.2, 0.25) is 0 Å². The standard InChI is InChI=1S/C9H11N5O/c1-2-14(3-4-15)13-9-11-6-8(5-10)7-12-9/h4,6-7H,2-3H2,1H3,(H,11,12,13). The van der Waals surface area contributed by atoms with E-state index in [4.69, 9.17) is 5.26 Å². The first-order valence-corrected chi connectivity index (χ1v) is 4.47. The van der Waals surface area contributed by atoms with E-state index >= 15 is 0 Å². The molecule has 1 aromatic heterocycles. The lowest BCUT2D eigenvalue weighted by atomic mass is 10.4. The van der Waals surface area contributed by atoms with Crippen molar-refractivity contribution in [3.63, 3.8) is 0 Å². The van der Waals surface area contributed by atoms with Crippen LogP contribution >= 0.6 is 0 Å². The molecule has 0 radical (unpaired) electrons. The molecule has 0 unspecified atom stereocenters. The van der Waals surface area contributed by atoms with Gasteiger partial charge in [-0.1, -0.05) is 6.92 Å². The van der Waals surface area contributed by atoms with Crippen LogP contribution in [0.15, 0.2) is 12.4 Å². The van der Waals surface area contributed by atoms with Gasteiger partial charge in [0.05, 0.1) is 24.5 Å². The molecule has 6 heteroatoms. The lowest BCUT2D eigenvalue weighted by Crippen LogP contribution is -2.32. The van der Waals surface area contributed by atoms with Crippen LogP contribution in [0.4, 0.5) is 5.95 Å². The Morgan fingerprint density at radius 1 is 1.60 bits per heavy atom. The number of hydrazine groups is 1. The molecule has 1 heterocycles.